The van der Waals surface area contributed by atoms with Crippen molar-refractivity contribution in [1.29, 1.82) is 0 Å². The molecule has 1 aliphatic rings. The molecule has 240 valence electrons. The van der Waals surface area contributed by atoms with E-state index >= 15 is 0 Å². The smallest absolute Gasteiger partial charge is 0.0684 e. The van der Waals surface area contributed by atoms with Gasteiger partial charge < -0.3 is 41.7 Å². The molecule has 0 spiro atoms. The molecule has 0 radical (unpaired) electrons. The van der Waals surface area contributed by atoms with E-state index in [-0.39, 0.29) is 11.5 Å². The third kappa shape index (κ3) is 16.9. The Labute approximate surface area is 246 Å². The minimum absolute atomic E-state index is 0.123. The van der Waals surface area contributed by atoms with Crippen LogP contribution in [0.25, 0.3) is 0 Å². The average Bonchev–Trinajstić information content (AvgIpc) is 2.70. The minimum atomic E-state index is -0.599. The highest BCUT2D eigenvalue weighted by atomic mass is 16.3. The van der Waals surface area contributed by atoms with Crippen LogP contribution in [0.15, 0.2) is 0 Å². The number of aliphatic hydroxyl groups excluding tert-OH is 4. The van der Waals surface area contributed by atoms with E-state index in [1.54, 1.807) is 0 Å². The van der Waals surface area contributed by atoms with E-state index in [4.69, 9.17) is 11.5 Å². The van der Waals surface area contributed by atoms with E-state index in [0.29, 0.717) is 63.8 Å². The summed E-state index contributed by atoms with van der Waals surface area (Å²) in [4.78, 5) is 6.51. The Morgan fingerprint density at radius 3 is 1.75 bits per heavy atom. The lowest BCUT2D eigenvalue weighted by molar-refractivity contribution is 0.0201. The van der Waals surface area contributed by atoms with E-state index in [0.717, 1.165) is 32.4 Å². The summed E-state index contributed by atoms with van der Waals surface area (Å²) in [7, 11) is 4.09. The highest BCUT2D eigenvalue weighted by Gasteiger charge is 2.34. The van der Waals surface area contributed by atoms with Gasteiger partial charge in [-0.05, 0) is 104 Å². The van der Waals surface area contributed by atoms with Crippen LogP contribution >= 0.6 is 0 Å². The van der Waals surface area contributed by atoms with Crippen molar-refractivity contribution in [3.05, 3.63) is 0 Å². The summed E-state index contributed by atoms with van der Waals surface area (Å²) >= 11 is 0. The maximum Gasteiger partial charge on any atom is 0.0684 e. The SMILES string of the molecule is CC1CC(O)CN(C)CCN(C)CC(O)CC(C)(C)C(CCN(CC(O)CC(C)(C)N)CC(O)CC(C)(C)N)C1. The van der Waals surface area contributed by atoms with Gasteiger partial charge in [-0.2, -0.15) is 0 Å². The first-order valence-corrected chi connectivity index (χ1v) is 15.5. The maximum atomic E-state index is 11.1. The van der Waals surface area contributed by atoms with Crippen LogP contribution in [0.4, 0.5) is 0 Å². The first kappa shape index (κ1) is 37.7. The topological polar surface area (TPSA) is 143 Å². The summed E-state index contributed by atoms with van der Waals surface area (Å²) in [5, 5.41) is 43.6. The second kappa shape index (κ2) is 16.5. The zero-order valence-corrected chi connectivity index (χ0v) is 27.4. The first-order valence-electron chi connectivity index (χ1n) is 15.5. The predicted octanol–water partition coefficient (Wildman–Crippen LogP) is 1.70. The molecule has 1 aliphatic heterocycles. The Bertz CT molecular complexity index is 672. The minimum Gasteiger partial charge on any atom is -0.392 e. The molecule has 1 fully saturated rings. The third-order valence-corrected chi connectivity index (χ3v) is 8.39. The number of likely N-dealkylation sites (N-methyl/N-ethyl adjacent to an activating group) is 2. The highest BCUT2D eigenvalue weighted by Crippen LogP contribution is 2.39. The van der Waals surface area contributed by atoms with Gasteiger partial charge in [0.25, 0.3) is 0 Å². The molecule has 6 unspecified atom stereocenters. The molecule has 0 aromatic rings. The Morgan fingerprint density at radius 2 is 1.30 bits per heavy atom. The molecule has 0 amide bonds. The second-order valence-corrected chi connectivity index (χ2v) is 15.5. The number of rotatable bonds is 11. The molecule has 0 bridgehead atoms. The van der Waals surface area contributed by atoms with Crippen LogP contribution in [-0.2, 0) is 0 Å². The van der Waals surface area contributed by atoms with Crippen LogP contribution in [-0.4, -0.2) is 131 Å². The average molecular weight is 574 g/mol. The number of aliphatic hydroxyl groups is 4. The Kier molecular flexibility index (Phi) is 15.5. The molecule has 40 heavy (non-hydrogen) atoms. The lowest BCUT2D eigenvalue weighted by atomic mass is 9.69. The standard InChI is InChI=1S/C31H67N5O4/c1-23-14-24(29(2,3)16-26(38)20-35(9)13-12-34(8)19-25(37)15-23)10-11-36(21-27(39)17-30(4,5)32)22-28(40)18-31(6,7)33/h23-28,37-40H,10-22,32-33H2,1-9H3. The molecule has 1 rings (SSSR count). The molecule has 8 N–H and O–H groups in total. The predicted molar refractivity (Wildman–Crippen MR) is 166 cm³/mol. The third-order valence-electron chi connectivity index (χ3n) is 8.39. The van der Waals surface area contributed by atoms with Crippen LogP contribution in [0.5, 0.6) is 0 Å². The largest absolute Gasteiger partial charge is 0.392 e. The van der Waals surface area contributed by atoms with Crippen molar-refractivity contribution in [2.24, 2.45) is 28.7 Å². The Balaban J connectivity index is 3.12. The van der Waals surface area contributed by atoms with Gasteiger partial charge in [0.1, 0.15) is 0 Å². The van der Waals surface area contributed by atoms with Crippen molar-refractivity contribution in [3.63, 3.8) is 0 Å². The molecule has 9 heteroatoms. The monoisotopic (exact) mass is 574 g/mol. The molecular weight excluding hydrogens is 506 g/mol. The molecule has 0 aliphatic carbocycles. The molecule has 0 aromatic heterocycles. The van der Waals surface area contributed by atoms with Crippen molar-refractivity contribution in [3.8, 4) is 0 Å². The number of hydrogen-bond acceptors (Lipinski definition) is 9. The van der Waals surface area contributed by atoms with E-state index < -0.39 is 29.4 Å². The number of hydrogen-bond donors (Lipinski definition) is 6. The molecule has 0 aromatic carbocycles. The highest BCUT2D eigenvalue weighted by molar-refractivity contribution is 4.87. The van der Waals surface area contributed by atoms with Crippen LogP contribution in [0, 0.1) is 17.3 Å². The molecule has 0 saturated carbocycles. The number of nitrogens with two attached hydrogens (primary N) is 2. The Hall–Kier alpha value is -0.360. The molecule has 9 nitrogen and oxygen atoms in total. The van der Waals surface area contributed by atoms with Gasteiger partial charge in [0.2, 0.25) is 0 Å². The second-order valence-electron chi connectivity index (χ2n) is 15.5. The van der Waals surface area contributed by atoms with Crippen molar-refractivity contribution in [1.82, 2.24) is 14.7 Å². The molecule has 1 saturated heterocycles. The molecule has 6 atom stereocenters. The van der Waals surface area contributed by atoms with Crippen molar-refractivity contribution >= 4 is 0 Å². The first-order chi connectivity index (χ1) is 18.1. The fraction of sp³-hybridized carbons (Fsp3) is 1.00. The van der Waals surface area contributed by atoms with Gasteiger partial charge in [0.15, 0.2) is 0 Å². The fourth-order valence-electron chi connectivity index (χ4n) is 6.57. The quantitative estimate of drug-likeness (QED) is 0.218. The van der Waals surface area contributed by atoms with Crippen LogP contribution in [0.1, 0.15) is 87.0 Å². The maximum absolute atomic E-state index is 11.1. The van der Waals surface area contributed by atoms with Gasteiger partial charge in [-0.1, -0.05) is 20.8 Å². The van der Waals surface area contributed by atoms with Gasteiger partial charge in [-0.3, -0.25) is 4.90 Å². The van der Waals surface area contributed by atoms with Crippen molar-refractivity contribution < 1.29 is 20.4 Å². The fourth-order valence-corrected chi connectivity index (χ4v) is 6.57. The van der Waals surface area contributed by atoms with Gasteiger partial charge in [-0.15, -0.1) is 0 Å². The molecule has 1 heterocycles. The lowest BCUT2D eigenvalue weighted by Gasteiger charge is -2.40. The summed E-state index contributed by atoms with van der Waals surface area (Å²) in [5.41, 5.74) is 11.3. The van der Waals surface area contributed by atoms with Crippen molar-refractivity contribution in [2.45, 2.75) is 122 Å². The molecular formula is C31H67N5O4. The summed E-state index contributed by atoms with van der Waals surface area (Å²) in [6.07, 6.45) is 2.21. The van der Waals surface area contributed by atoms with E-state index in [1.165, 1.54) is 0 Å². The summed E-state index contributed by atoms with van der Waals surface area (Å²) in [6, 6.07) is 0. The number of β-amino-alcohol motifs (C(OH)–C–C–N with tert-alkyl or cyclic N) is 2. The Morgan fingerprint density at radius 1 is 0.850 bits per heavy atom. The summed E-state index contributed by atoms with van der Waals surface area (Å²) in [6.45, 7) is 19.0. The summed E-state index contributed by atoms with van der Waals surface area (Å²) < 4.78 is 0. The number of nitrogens with zero attached hydrogens (tertiary/aromatic N) is 3. The zero-order valence-electron chi connectivity index (χ0n) is 27.4. The summed E-state index contributed by atoms with van der Waals surface area (Å²) in [5.74, 6) is 0.625. The van der Waals surface area contributed by atoms with E-state index in [9.17, 15) is 20.4 Å². The van der Waals surface area contributed by atoms with Gasteiger partial charge in [-0.25, -0.2) is 0 Å². The van der Waals surface area contributed by atoms with Gasteiger partial charge >= 0.3 is 0 Å². The van der Waals surface area contributed by atoms with E-state index in [1.807, 2.05) is 41.8 Å². The van der Waals surface area contributed by atoms with Gasteiger partial charge in [0.05, 0.1) is 24.4 Å². The van der Waals surface area contributed by atoms with Crippen LogP contribution in [0.3, 0.4) is 0 Å². The van der Waals surface area contributed by atoms with Gasteiger partial charge in [0, 0.05) is 50.3 Å². The van der Waals surface area contributed by atoms with Crippen LogP contribution in [0.2, 0.25) is 0 Å². The van der Waals surface area contributed by atoms with E-state index in [2.05, 4.69) is 35.5 Å². The lowest BCUT2D eigenvalue weighted by Crippen LogP contribution is -2.46. The van der Waals surface area contributed by atoms with Crippen LogP contribution < -0.4 is 11.5 Å². The normalized spacial score (nSPS) is 28.8. The zero-order chi connectivity index (χ0) is 30.9. The van der Waals surface area contributed by atoms with Crippen molar-refractivity contribution in [2.75, 3.05) is 59.9 Å².